The highest BCUT2D eigenvalue weighted by molar-refractivity contribution is 9.10. The van der Waals surface area contributed by atoms with Crippen molar-refractivity contribution in [3.63, 3.8) is 0 Å². The first-order valence-corrected chi connectivity index (χ1v) is 8.35. The zero-order valence-electron chi connectivity index (χ0n) is 12.5. The summed E-state index contributed by atoms with van der Waals surface area (Å²) < 4.78 is 11.9. The van der Waals surface area contributed by atoms with E-state index in [1.165, 1.54) is 0 Å². The van der Waals surface area contributed by atoms with Crippen LogP contribution in [0.3, 0.4) is 0 Å². The Morgan fingerprint density at radius 3 is 2.91 bits per heavy atom. The Kier molecular flexibility index (Phi) is 4.94. The first kappa shape index (κ1) is 16.4. The van der Waals surface area contributed by atoms with Crippen LogP contribution in [0.15, 0.2) is 28.9 Å². The van der Waals surface area contributed by atoms with E-state index in [1.54, 1.807) is 18.3 Å². The van der Waals surface area contributed by atoms with Gasteiger partial charge in [-0.25, -0.2) is 4.98 Å². The predicted molar refractivity (Wildman–Crippen MR) is 92.6 cm³/mol. The highest BCUT2D eigenvalue weighted by Crippen LogP contribution is 2.39. The molecule has 2 aromatic rings. The molecule has 1 aliphatic rings. The third kappa shape index (κ3) is 3.71. The number of aliphatic hydroxyl groups is 1. The molecule has 7 heteroatoms. The lowest BCUT2D eigenvalue weighted by molar-refractivity contribution is 0.167. The maximum Gasteiger partial charge on any atom is 0.179 e. The van der Waals surface area contributed by atoms with Gasteiger partial charge in [0.25, 0.3) is 0 Å². The number of ether oxygens (including phenoxy) is 2. The maximum atomic E-state index is 10.4. The van der Waals surface area contributed by atoms with Gasteiger partial charge in [0, 0.05) is 17.2 Å². The molecule has 5 nitrogen and oxygen atoms in total. The Morgan fingerprint density at radius 1 is 1.35 bits per heavy atom. The predicted octanol–water partition coefficient (Wildman–Crippen LogP) is 3.72. The Balaban J connectivity index is 1.71. The third-order valence-electron chi connectivity index (χ3n) is 3.53. The van der Waals surface area contributed by atoms with Crippen molar-refractivity contribution in [2.24, 2.45) is 0 Å². The summed E-state index contributed by atoms with van der Waals surface area (Å²) in [5.74, 6) is 1.80. The van der Waals surface area contributed by atoms with Gasteiger partial charge in [0.1, 0.15) is 19.0 Å². The van der Waals surface area contributed by atoms with E-state index in [9.17, 15) is 5.11 Å². The standard InChI is InChI=1S/C16H16BrClN2O3/c1-9-4-15(19-7-11(9)17)20-8-13(21)10-5-12(18)16-14(6-10)22-2-3-23-16/h4-7,13,21H,2-3,8H2,1H3,(H,19,20). The summed E-state index contributed by atoms with van der Waals surface area (Å²) >= 11 is 9.60. The van der Waals surface area contributed by atoms with Gasteiger partial charge in [-0.2, -0.15) is 0 Å². The van der Waals surface area contributed by atoms with Gasteiger partial charge in [0.05, 0.1) is 11.1 Å². The van der Waals surface area contributed by atoms with E-state index in [4.69, 9.17) is 21.1 Å². The average molecular weight is 400 g/mol. The van der Waals surface area contributed by atoms with Gasteiger partial charge < -0.3 is 19.9 Å². The van der Waals surface area contributed by atoms with E-state index >= 15 is 0 Å². The molecule has 1 aliphatic heterocycles. The lowest BCUT2D eigenvalue weighted by Gasteiger charge is -2.21. The fraction of sp³-hybridized carbons (Fsp3) is 0.312. The Labute approximate surface area is 147 Å². The van der Waals surface area contributed by atoms with Crippen LogP contribution in [0, 0.1) is 6.92 Å². The second kappa shape index (κ2) is 6.95. The molecule has 0 saturated heterocycles. The molecule has 1 aromatic carbocycles. The summed E-state index contributed by atoms with van der Waals surface area (Å²) in [6, 6.07) is 5.36. The van der Waals surface area contributed by atoms with Crippen LogP contribution in [0.2, 0.25) is 5.02 Å². The molecule has 0 aliphatic carbocycles. The van der Waals surface area contributed by atoms with E-state index in [0.29, 0.717) is 47.7 Å². The molecule has 0 amide bonds. The van der Waals surface area contributed by atoms with Gasteiger partial charge in [-0.05, 0) is 52.2 Å². The monoisotopic (exact) mass is 398 g/mol. The van der Waals surface area contributed by atoms with Crippen LogP contribution < -0.4 is 14.8 Å². The van der Waals surface area contributed by atoms with Crippen LogP contribution in [0.1, 0.15) is 17.2 Å². The number of aromatic nitrogens is 1. The Hall–Kier alpha value is -1.50. The van der Waals surface area contributed by atoms with Crippen LogP contribution in [0.5, 0.6) is 11.5 Å². The molecule has 2 N–H and O–H groups in total. The molecule has 1 unspecified atom stereocenters. The Morgan fingerprint density at radius 2 is 2.13 bits per heavy atom. The lowest BCUT2D eigenvalue weighted by Crippen LogP contribution is -2.17. The van der Waals surface area contributed by atoms with Crippen molar-refractivity contribution >= 4 is 33.3 Å². The number of hydrogen-bond acceptors (Lipinski definition) is 5. The van der Waals surface area contributed by atoms with E-state index in [2.05, 4.69) is 26.2 Å². The summed E-state index contributed by atoms with van der Waals surface area (Å²) in [6.45, 7) is 3.24. The molecular formula is C16H16BrClN2O3. The third-order valence-corrected chi connectivity index (χ3v) is 4.64. The number of fused-ring (bicyclic) bond motifs is 1. The van der Waals surface area contributed by atoms with Crippen molar-refractivity contribution in [3.8, 4) is 11.5 Å². The Bertz CT molecular complexity index is 727. The largest absolute Gasteiger partial charge is 0.486 e. The normalized spacial score (nSPS) is 14.4. The topological polar surface area (TPSA) is 63.6 Å². The van der Waals surface area contributed by atoms with Crippen molar-refractivity contribution in [1.82, 2.24) is 4.98 Å². The van der Waals surface area contributed by atoms with Crippen LogP contribution in [0.25, 0.3) is 0 Å². The summed E-state index contributed by atoms with van der Waals surface area (Å²) in [5.41, 5.74) is 1.74. The minimum Gasteiger partial charge on any atom is -0.486 e. The highest BCUT2D eigenvalue weighted by atomic mass is 79.9. The molecule has 1 aromatic heterocycles. The van der Waals surface area contributed by atoms with E-state index in [-0.39, 0.29) is 0 Å². The molecule has 0 bridgehead atoms. The number of benzene rings is 1. The van der Waals surface area contributed by atoms with Crippen LogP contribution in [-0.2, 0) is 0 Å². The number of aryl methyl sites for hydroxylation is 1. The summed E-state index contributed by atoms with van der Waals surface area (Å²) in [6.07, 6.45) is 0.986. The quantitative estimate of drug-likeness (QED) is 0.820. The first-order valence-electron chi connectivity index (χ1n) is 7.17. The first-order chi connectivity index (χ1) is 11.0. The minimum absolute atomic E-state index is 0.310. The molecule has 2 heterocycles. The number of hydrogen-bond donors (Lipinski definition) is 2. The van der Waals surface area contributed by atoms with E-state index in [0.717, 1.165) is 10.0 Å². The zero-order valence-corrected chi connectivity index (χ0v) is 14.8. The van der Waals surface area contributed by atoms with Crippen molar-refractivity contribution in [2.75, 3.05) is 25.1 Å². The van der Waals surface area contributed by atoms with Gasteiger partial charge >= 0.3 is 0 Å². The molecule has 0 radical (unpaired) electrons. The number of halogens is 2. The van der Waals surface area contributed by atoms with Gasteiger partial charge in [-0.3, -0.25) is 0 Å². The SMILES string of the molecule is Cc1cc(NCC(O)c2cc(Cl)c3c(c2)OCCO3)ncc1Br. The van der Waals surface area contributed by atoms with Crippen LogP contribution in [0.4, 0.5) is 5.82 Å². The van der Waals surface area contributed by atoms with E-state index < -0.39 is 6.10 Å². The average Bonchev–Trinajstić information content (AvgIpc) is 2.55. The number of pyridine rings is 1. The van der Waals surface area contributed by atoms with Crippen molar-refractivity contribution in [2.45, 2.75) is 13.0 Å². The molecule has 1 atom stereocenters. The molecular weight excluding hydrogens is 384 g/mol. The van der Waals surface area contributed by atoms with Gasteiger partial charge in [0.15, 0.2) is 11.5 Å². The van der Waals surface area contributed by atoms with Gasteiger partial charge in [0.2, 0.25) is 0 Å². The van der Waals surface area contributed by atoms with Gasteiger partial charge in [-0.15, -0.1) is 0 Å². The molecule has 3 rings (SSSR count). The smallest absolute Gasteiger partial charge is 0.179 e. The molecule has 0 spiro atoms. The lowest BCUT2D eigenvalue weighted by atomic mass is 10.1. The molecule has 122 valence electrons. The number of anilines is 1. The second-order valence-electron chi connectivity index (χ2n) is 5.24. The summed E-state index contributed by atoms with van der Waals surface area (Å²) in [4.78, 5) is 4.25. The number of nitrogens with zero attached hydrogens (tertiary/aromatic N) is 1. The number of rotatable bonds is 4. The summed E-state index contributed by atoms with van der Waals surface area (Å²) in [7, 11) is 0. The molecule has 0 saturated carbocycles. The van der Waals surface area contributed by atoms with Gasteiger partial charge in [-0.1, -0.05) is 11.6 Å². The maximum absolute atomic E-state index is 10.4. The van der Waals surface area contributed by atoms with Crippen LogP contribution >= 0.6 is 27.5 Å². The number of aliphatic hydroxyl groups excluding tert-OH is 1. The fourth-order valence-corrected chi connectivity index (χ4v) is 2.77. The molecule has 23 heavy (non-hydrogen) atoms. The van der Waals surface area contributed by atoms with Crippen molar-refractivity contribution in [3.05, 3.63) is 45.0 Å². The highest BCUT2D eigenvalue weighted by Gasteiger charge is 2.19. The number of nitrogens with one attached hydrogen (secondary N) is 1. The second-order valence-corrected chi connectivity index (χ2v) is 6.50. The van der Waals surface area contributed by atoms with E-state index in [1.807, 2.05) is 13.0 Å². The summed E-state index contributed by atoms with van der Waals surface area (Å²) in [5, 5.41) is 13.9. The molecule has 0 fully saturated rings. The van der Waals surface area contributed by atoms with Crippen LogP contribution in [-0.4, -0.2) is 29.8 Å². The van der Waals surface area contributed by atoms with Crippen molar-refractivity contribution in [1.29, 1.82) is 0 Å². The fourth-order valence-electron chi connectivity index (χ4n) is 2.28. The zero-order chi connectivity index (χ0) is 16.4. The van der Waals surface area contributed by atoms with Crippen molar-refractivity contribution < 1.29 is 14.6 Å². The minimum atomic E-state index is -0.742.